The molecule has 2 atom stereocenters. The summed E-state index contributed by atoms with van der Waals surface area (Å²) in [4.78, 5) is 2.12. The molecule has 0 aliphatic carbocycles. The van der Waals surface area contributed by atoms with Crippen molar-refractivity contribution in [2.24, 2.45) is 0 Å². The number of rotatable bonds is 9. The van der Waals surface area contributed by atoms with Gasteiger partial charge in [-0.3, -0.25) is 0 Å². The summed E-state index contributed by atoms with van der Waals surface area (Å²) in [7, 11) is -0.848. The number of halogens is 6. The summed E-state index contributed by atoms with van der Waals surface area (Å²) in [6.07, 6.45) is -9.76. The van der Waals surface area contributed by atoms with Gasteiger partial charge in [0.25, 0.3) is 0 Å². The first-order chi connectivity index (χ1) is 17.1. The highest BCUT2D eigenvalue weighted by Gasteiger charge is 2.51. The van der Waals surface area contributed by atoms with Crippen LogP contribution in [0.5, 0.6) is 11.5 Å². The Bertz CT molecular complexity index is 1110. The molecular formula is C26H25F6O4S+. The van der Waals surface area contributed by atoms with E-state index in [1.54, 1.807) is 48.5 Å². The van der Waals surface area contributed by atoms with Gasteiger partial charge in [-0.25, -0.2) is 0 Å². The zero-order valence-corrected chi connectivity index (χ0v) is 20.6. The second-order valence-electron chi connectivity index (χ2n) is 8.69. The van der Waals surface area contributed by atoms with Crippen molar-refractivity contribution in [3.05, 3.63) is 78.9 Å². The molecule has 2 N–H and O–H groups in total. The average Bonchev–Trinajstić information content (AvgIpc) is 2.82. The van der Waals surface area contributed by atoms with Crippen LogP contribution in [-0.2, 0) is 10.9 Å². The van der Waals surface area contributed by atoms with Gasteiger partial charge in [0, 0.05) is 12.1 Å². The van der Waals surface area contributed by atoms with Crippen LogP contribution in [0, 0.1) is 0 Å². The third kappa shape index (κ3) is 7.12. The molecule has 0 fully saturated rings. The highest BCUT2D eigenvalue weighted by molar-refractivity contribution is 7.97. The molecule has 0 amide bonds. The number of ether oxygens (including phenoxy) is 2. The highest BCUT2D eigenvalue weighted by atomic mass is 32.2. The minimum absolute atomic E-state index is 0.101. The second kappa shape index (κ2) is 10.8. The topological polar surface area (TPSA) is 58.9 Å². The van der Waals surface area contributed by atoms with E-state index >= 15 is 0 Å². The van der Waals surface area contributed by atoms with E-state index in [1.807, 2.05) is 18.2 Å². The molecule has 3 rings (SSSR count). The lowest BCUT2D eigenvalue weighted by molar-refractivity contribution is -0.260. The number of alkyl halides is 6. The molecule has 37 heavy (non-hydrogen) atoms. The summed E-state index contributed by atoms with van der Waals surface area (Å²) in [6, 6.07) is 21.8. The summed E-state index contributed by atoms with van der Waals surface area (Å²) in [5.74, 6) is 0.202. The SMILES string of the molecule is CC(O)(COc1cccc([S+](c2ccccc2)c2cccc(OCC(C)(O)C(F)(F)F)c2)c1)C(F)(F)F. The number of benzene rings is 3. The summed E-state index contributed by atoms with van der Waals surface area (Å²) in [6.45, 7) is -0.789. The smallest absolute Gasteiger partial charge is 0.420 e. The molecule has 0 saturated heterocycles. The van der Waals surface area contributed by atoms with E-state index in [0.717, 1.165) is 4.90 Å². The van der Waals surface area contributed by atoms with Crippen LogP contribution in [0.25, 0.3) is 0 Å². The maximum Gasteiger partial charge on any atom is 0.420 e. The Kier molecular flexibility index (Phi) is 8.40. The predicted molar refractivity (Wildman–Crippen MR) is 126 cm³/mol. The minimum Gasteiger partial charge on any atom is -0.490 e. The molecular weight excluding hydrogens is 522 g/mol. The van der Waals surface area contributed by atoms with Crippen molar-refractivity contribution in [2.75, 3.05) is 13.2 Å². The summed E-state index contributed by atoms with van der Waals surface area (Å²) in [5.41, 5.74) is -6.10. The third-order valence-corrected chi connectivity index (χ3v) is 7.52. The Balaban J connectivity index is 1.93. The Morgan fingerprint density at radius 1 is 0.595 bits per heavy atom. The van der Waals surface area contributed by atoms with E-state index in [0.29, 0.717) is 23.6 Å². The number of hydrogen-bond acceptors (Lipinski definition) is 4. The van der Waals surface area contributed by atoms with Gasteiger partial charge in [-0.1, -0.05) is 30.3 Å². The fourth-order valence-corrected chi connectivity index (χ4v) is 5.10. The lowest BCUT2D eigenvalue weighted by atomic mass is 10.1. The van der Waals surface area contributed by atoms with E-state index in [4.69, 9.17) is 9.47 Å². The number of hydrogen-bond donors (Lipinski definition) is 2. The van der Waals surface area contributed by atoms with Gasteiger partial charge in [-0.05, 0) is 50.2 Å². The van der Waals surface area contributed by atoms with Gasteiger partial charge in [0.2, 0.25) is 0 Å². The van der Waals surface area contributed by atoms with Gasteiger partial charge < -0.3 is 19.7 Å². The molecule has 3 aromatic carbocycles. The standard InChI is InChI=1S/C26H25F6O4S/c1-23(33,25(27,28)29)16-35-18-8-6-12-21(14-18)37(20-10-4-3-5-11-20)22-13-7-9-19(15-22)36-17-24(2,34)26(30,31)32/h3-15,33-34H,16-17H2,1-2H3/q+1. The fourth-order valence-electron chi connectivity index (χ4n) is 2.96. The highest BCUT2D eigenvalue weighted by Crippen LogP contribution is 2.36. The van der Waals surface area contributed by atoms with Gasteiger partial charge in [-0.15, -0.1) is 0 Å². The molecule has 0 aliphatic rings. The molecule has 3 aromatic rings. The van der Waals surface area contributed by atoms with Gasteiger partial charge in [0.1, 0.15) is 24.7 Å². The lowest BCUT2D eigenvalue weighted by Gasteiger charge is -2.26. The first-order valence-electron chi connectivity index (χ1n) is 10.9. The lowest BCUT2D eigenvalue weighted by Crippen LogP contribution is -2.47. The Morgan fingerprint density at radius 2 is 0.973 bits per heavy atom. The molecule has 0 aliphatic heterocycles. The van der Waals surface area contributed by atoms with Crippen molar-refractivity contribution in [2.45, 2.75) is 52.1 Å². The van der Waals surface area contributed by atoms with Crippen molar-refractivity contribution in [1.82, 2.24) is 0 Å². The van der Waals surface area contributed by atoms with Gasteiger partial charge in [-0.2, -0.15) is 26.3 Å². The molecule has 200 valence electrons. The quantitative estimate of drug-likeness (QED) is 0.249. The van der Waals surface area contributed by atoms with Crippen molar-refractivity contribution in [3.8, 4) is 11.5 Å². The minimum atomic E-state index is -4.88. The maximum atomic E-state index is 13.0. The largest absolute Gasteiger partial charge is 0.490 e. The van der Waals surface area contributed by atoms with Gasteiger partial charge in [0.05, 0.1) is 10.9 Å². The summed E-state index contributed by atoms with van der Waals surface area (Å²) >= 11 is 0. The third-order valence-electron chi connectivity index (χ3n) is 5.32. The Labute approximate surface area is 212 Å². The van der Waals surface area contributed by atoms with Crippen LogP contribution >= 0.6 is 0 Å². The van der Waals surface area contributed by atoms with Crippen LogP contribution in [0.3, 0.4) is 0 Å². The summed E-state index contributed by atoms with van der Waals surface area (Å²) in [5, 5.41) is 19.4. The molecule has 0 bridgehead atoms. The average molecular weight is 548 g/mol. The molecule has 0 radical (unpaired) electrons. The first kappa shape index (κ1) is 28.7. The zero-order valence-electron chi connectivity index (χ0n) is 19.8. The van der Waals surface area contributed by atoms with E-state index in [-0.39, 0.29) is 11.5 Å². The van der Waals surface area contributed by atoms with Crippen molar-refractivity contribution >= 4 is 10.9 Å². The normalized spacial score (nSPS) is 16.4. The predicted octanol–water partition coefficient (Wildman–Crippen LogP) is 6.17. The molecule has 2 unspecified atom stereocenters. The first-order valence-corrected chi connectivity index (χ1v) is 12.2. The van der Waals surface area contributed by atoms with Crippen LogP contribution in [0.15, 0.2) is 93.5 Å². The second-order valence-corrected chi connectivity index (χ2v) is 10.7. The van der Waals surface area contributed by atoms with E-state index < -0.39 is 47.7 Å². The summed E-state index contributed by atoms with van der Waals surface area (Å²) < 4.78 is 88.6. The molecule has 11 heteroatoms. The van der Waals surface area contributed by atoms with Crippen molar-refractivity contribution in [1.29, 1.82) is 0 Å². The van der Waals surface area contributed by atoms with Crippen LogP contribution in [-0.4, -0.2) is 47.0 Å². The fraction of sp³-hybridized carbons (Fsp3) is 0.308. The molecule has 4 nitrogen and oxygen atoms in total. The number of aliphatic hydroxyl groups is 2. The van der Waals surface area contributed by atoms with Gasteiger partial charge >= 0.3 is 12.4 Å². The van der Waals surface area contributed by atoms with E-state index in [1.165, 1.54) is 12.1 Å². The van der Waals surface area contributed by atoms with Crippen LogP contribution in [0.1, 0.15) is 13.8 Å². The van der Waals surface area contributed by atoms with E-state index in [9.17, 15) is 36.6 Å². The van der Waals surface area contributed by atoms with E-state index in [2.05, 4.69) is 0 Å². The molecule has 0 heterocycles. The van der Waals surface area contributed by atoms with Crippen LogP contribution in [0.2, 0.25) is 0 Å². The van der Waals surface area contributed by atoms with Crippen molar-refractivity contribution in [3.63, 3.8) is 0 Å². The Morgan fingerprint density at radius 3 is 1.35 bits per heavy atom. The van der Waals surface area contributed by atoms with Crippen LogP contribution < -0.4 is 9.47 Å². The maximum absolute atomic E-state index is 13.0. The molecule has 0 saturated carbocycles. The monoisotopic (exact) mass is 547 g/mol. The molecule has 0 spiro atoms. The Hall–Kier alpha value is -2.89. The van der Waals surface area contributed by atoms with Crippen LogP contribution in [0.4, 0.5) is 26.3 Å². The molecule has 0 aromatic heterocycles. The van der Waals surface area contributed by atoms with Gasteiger partial charge in [0.15, 0.2) is 25.9 Å². The van der Waals surface area contributed by atoms with Crippen molar-refractivity contribution < 1.29 is 46.0 Å². The zero-order chi connectivity index (χ0) is 27.5.